The highest BCUT2D eigenvalue weighted by molar-refractivity contribution is 7.99. The summed E-state index contributed by atoms with van der Waals surface area (Å²) in [5.74, 6) is 1.05. The van der Waals surface area contributed by atoms with Crippen molar-refractivity contribution in [1.29, 1.82) is 5.26 Å². The van der Waals surface area contributed by atoms with Gasteiger partial charge >= 0.3 is 0 Å². The van der Waals surface area contributed by atoms with Gasteiger partial charge in [-0.05, 0) is 31.3 Å². The summed E-state index contributed by atoms with van der Waals surface area (Å²) in [6.07, 6.45) is 1.69. The average molecular weight is 367 g/mol. The maximum Gasteiger partial charge on any atom is 0.256 e. The number of hydrogen-bond donors (Lipinski definition) is 1. The van der Waals surface area contributed by atoms with Gasteiger partial charge in [0.15, 0.2) is 0 Å². The van der Waals surface area contributed by atoms with Crippen LogP contribution in [-0.4, -0.2) is 54.8 Å². The molecule has 0 saturated carbocycles. The van der Waals surface area contributed by atoms with Crippen LogP contribution in [-0.2, 0) is 0 Å². The molecular weight excluding hydrogens is 346 g/mol. The molecule has 134 valence electrons. The summed E-state index contributed by atoms with van der Waals surface area (Å²) in [7, 11) is 2.12. The first-order valence-corrected chi connectivity index (χ1v) is 9.45. The van der Waals surface area contributed by atoms with Crippen LogP contribution in [0.3, 0.4) is 0 Å². The van der Waals surface area contributed by atoms with Gasteiger partial charge < -0.3 is 15.1 Å². The topological polar surface area (TPSA) is 72.3 Å². The van der Waals surface area contributed by atoms with E-state index in [1.54, 1.807) is 12.3 Å². The van der Waals surface area contributed by atoms with E-state index in [0.717, 1.165) is 36.9 Å². The molecule has 0 bridgehead atoms. The summed E-state index contributed by atoms with van der Waals surface area (Å²) in [4.78, 5) is 22.4. The van der Waals surface area contributed by atoms with Crippen molar-refractivity contribution in [3.05, 3.63) is 48.2 Å². The van der Waals surface area contributed by atoms with E-state index in [1.165, 1.54) is 11.8 Å². The smallest absolute Gasteiger partial charge is 0.256 e. The Kier molecular flexibility index (Phi) is 6.10. The summed E-state index contributed by atoms with van der Waals surface area (Å²) in [5, 5.41) is 11.6. The minimum atomic E-state index is -0.194. The molecule has 3 rings (SSSR count). The van der Waals surface area contributed by atoms with Crippen molar-refractivity contribution in [2.75, 3.05) is 49.2 Å². The van der Waals surface area contributed by atoms with Crippen LogP contribution in [0.25, 0.3) is 0 Å². The van der Waals surface area contributed by atoms with Crippen molar-refractivity contribution in [2.45, 2.75) is 4.90 Å². The van der Waals surface area contributed by atoms with Crippen LogP contribution in [0, 0.1) is 11.3 Å². The predicted molar refractivity (Wildman–Crippen MR) is 105 cm³/mol. The Balaban J connectivity index is 1.66. The Morgan fingerprint density at radius 2 is 2.00 bits per heavy atom. The minimum Gasteiger partial charge on any atom is -0.354 e. The van der Waals surface area contributed by atoms with E-state index in [-0.39, 0.29) is 5.91 Å². The Morgan fingerprint density at radius 3 is 2.69 bits per heavy atom. The second-order valence-corrected chi connectivity index (χ2v) is 7.11. The molecule has 0 aliphatic carbocycles. The standard InChI is InChI=1S/C19H21N5OS/c1-23-9-11-24(12-10-23)18-7-6-15(14-21-18)22-19(25)16-4-2-3-5-17(16)26-13-8-20/h2-7,14H,9-13H2,1H3,(H,22,25). The summed E-state index contributed by atoms with van der Waals surface area (Å²) in [6, 6.07) is 13.2. The van der Waals surface area contributed by atoms with E-state index in [1.807, 2.05) is 30.3 Å². The molecule has 1 saturated heterocycles. The first-order chi connectivity index (χ1) is 12.7. The van der Waals surface area contributed by atoms with Crippen LogP contribution < -0.4 is 10.2 Å². The SMILES string of the molecule is CN1CCN(c2ccc(NC(=O)c3ccccc3SCC#N)cn2)CC1. The molecule has 1 aromatic carbocycles. The van der Waals surface area contributed by atoms with Crippen molar-refractivity contribution in [2.24, 2.45) is 0 Å². The molecule has 7 heteroatoms. The fourth-order valence-electron chi connectivity index (χ4n) is 2.77. The number of likely N-dealkylation sites (N-methyl/N-ethyl adjacent to an activating group) is 1. The quantitative estimate of drug-likeness (QED) is 0.819. The third kappa shape index (κ3) is 4.54. The molecule has 0 radical (unpaired) electrons. The normalized spacial score (nSPS) is 14.7. The molecule has 2 aromatic rings. The second-order valence-electron chi connectivity index (χ2n) is 6.09. The third-order valence-corrected chi connectivity index (χ3v) is 5.20. The van der Waals surface area contributed by atoms with Crippen LogP contribution in [0.5, 0.6) is 0 Å². The molecule has 1 fully saturated rings. The number of piperazine rings is 1. The zero-order valence-electron chi connectivity index (χ0n) is 14.7. The van der Waals surface area contributed by atoms with Crippen LogP contribution in [0.2, 0.25) is 0 Å². The van der Waals surface area contributed by atoms with Crippen LogP contribution >= 0.6 is 11.8 Å². The fraction of sp³-hybridized carbons (Fsp3) is 0.316. The first kappa shape index (κ1) is 18.2. The molecule has 0 unspecified atom stereocenters. The van der Waals surface area contributed by atoms with Crippen molar-refractivity contribution >= 4 is 29.2 Å². The number of amides is 1. The van der Waals surface area contributed by atoms with E-state index < -0.39 is 0 Å². The van der Waals surface area contributed by atoms with Crippen LogP contribution in [0.15, 0.2) is 47.5 Å². The van der Waals surface area contributed by atoms with E-state index in [2.05, 4.69) is 33.2 Å². The number of carbonyl (C=O) groups excluding carboxylic acids is 1. The largest absolute Gasteiger partial charge is 0.354 e. The van der Waals surface area contributed by atoms with Gasteiger partial charge in [0.25, 0.3) is 5.91 Å². The lowest BCUT2D eigenvalue weighted by Gasteiger charge is -2.33. The van der Waals surface area contributed by atoms with Gasteiger partial charge in [-0.25, -0.2) is 4.98 Å². The van der Waals surface area contributed by atoms with Crippen molar-refractivity contribution < 1.29 is 4.79 Å². The van der Waals surface area contributed by atoms with Crippen molar-refractivity contribution in [3.63, 3.8) is 0 Å². The molecule has 6 nitrogen and oxygen atoms in total. The molecule has 2 heterocycles. The number of nitriles is 1. The minimum absolute atomic E-state index is 0.194. The van der Waals surface area contributed by atoms with Gasteiger partial charge in [-0.15, -0.1) is 11.8 Å². The molecule has 1 amide bonds. The highest BCUT2D eigenvalue weighted by atomic mass is 32.2. The van der Waals surface area contributed by atoms with Gasteiger partial charge in [0.05, 0.1) is 29.3 Å². The number of pyridine rings is 1. The lowest BCUT2D eigenvalue weighted by atomic mass is 10.2. The van der Waals surface area contributed by atoms with Crippen molar-refractivity contribution in [1.82, 2.24) is 9.88 Å². The third-order valence-electron chi connectivity index (χ3n) is 4.26. The van der Waals surface area contributed by atoms with Gasteiger partial charge in [-0.3, -0.25) is 4.79 Å². The number of carbonyl (C=O) groups is 1. The van der Waals surface area contributed by atoms with Gasteiger partial charge in [0.2, 0.25) is 0 Å². The van der Waals surface area contributed by atoms with Gasteiger partial charge in [0, 0.05) is 31.1 Å². The molecular formula is C19H21N5OS. The Morgan fingerprint density at radius 1 is 1.23 bits per heavy atom. The van der Waals surface area contributed by atoms with Gasteiger partial charge in [-0.1, -0.05) is 12.1 Å². The average Bonchev–Trinajstić information content (AvgIpc) is 2.68. The van der Waals surface area contributed by atoms with Crippen molar-refractivity contribution in [3.8, 4) is 6.07 Å². The summed E-state index contributed by atoms with van der Waals surface area (Å²) in [6.45, 7) is 3.96. The molecule has 1 aliphatic heterocycles. The fourth-order valence-corrected chi connectivity index (χ4v) is 3.48. The van der Waals surface area contributed by atoms with Gasteiger partial charge in [-0.2, -0.15) is 5.26 Å². The van der Waals surface area contributed by atoms with E-state index in [4.69, 9.17) is 5.26 Å². The zero-order chi connectivity index (χ0) is 18.4. The maximum atomic E-state index is 12.6. The summed E-state index contributed by atoms with van der Waals surface area (Å²) >= 11 is 1.36. The lowest BCUT2D eigenvalue weighted by molar-refractivity contribution is 0.102. The number of rotatable bonds is 5. The monoisotopic (exact) mass is 367 g/mol. The van der Waals surface area contributed by atoms with Crippen LogP contribution in [0.4, 0.5) is 11.5 Å². The highest BCUT2D eigenvalue weighted by Gasteiger charge is 2.16. The number of nitrogens with one attached hydrogen (secondary N) is 1. The Labute approximate surface area is 157 Å². The first-order valence-electron chi connectivity index (χ1n) is 8.47. The highest BCUT2D eigenvalue weighted by Crippen LogP contribution is 2.23. The second kappa shape index (κ2) is 8.70. The van der Waals surface area contributed by atoms with Gasteiger partial charge in [0.1, 0.15) is 5.82 Å². The molecule has 1 N–H and O–H groups in total. The number of aromatic nitrogens is 1. The van der Waals surface area contributed by atoms with E-state index in [0.29, 0.717) is 17.0 Å². The Bertz CT molecular complexity index is 794. The molecule has 0 atom stereocenters. The molecule has 1 aliphatic rings. The number of hydrogen-bond acceptors (Lipinski definition) is 6. The number of thioether (sulfide) groups is 1. The molecule has 0 spiro atoms. The predicted octanol–water partition coefficient (Wildman–Crippen LogP) is 2.70. The molecule has 1 aromatic heterocycles. The number of nitrogens with zero attached hydrogens (tertiary/aromatic N) is 4. The summed E-state index contributed by atoms with van der Waals surface area (Å²) < 4.78 is 0. The van der Waals surface area contributed by atoms with E-state index >= 15 is 0 Å². The lowest BCUT2D eigenvalue weighted by Crippen LogP contribution is -2.44. The number of benzene rings is 1. The number of anilines is 2. The maximum absolute atomic E-state index is 12.6. The van der Waals surface area contributed by atoms with Crippen LogP contribution in [0.1, 0.15) is 10.4 Å². The van der Waals surface area contributed by atoms with E-state index in [9.17, 15) is 4.79 Å². The zero-order valence-corrected chi connectivity index (χ0v) is 15.5. The Hall–Kier alpha value is -2.56. The summed E-state index contributed by atoms with van der Waals surface area (Å²) in [5.41, 5.74) is 1.23. The molecule has 26 heavy (non-hydrogen) atoms.